The van der Waals surface area contributed by atoms with Gasteiger partial charge in [0, 0.05) is 6.42 Å². The van der Waals surface area contributed by atoms with Gasteiger partial charge in [0.2, 0.25) is 0 Å². The first kappa shape index (κ1) is 7.52. The van der Waals surface area contributed by atoms with Crippen molar-refractivity contribution in [1.82, 2.24) is 5.32 Å². The Morgan fingerprint density at radius 3 is 2.75 bits per heavy atom. The lowest BCUT2D eigenvalue weighted by atomic mass is 10.3. The van der Waals surface area contributed by atoms with Gasteiger partial charge in [0.15, 0.2) is 0 Å². The quantitative estimate of drug-likeness (QED) is 0.493. The Morgan fingerprint density at radius 2 is 2.38 bits per heavy atom. The van der Waals surface area contributed by atoms with Gasteiger partial charge in [-0.15, -0.1) is 5.92 Å². The van der Waals surface area contributed by atoms with Crippen LogP contribution < -0.4 is 5.32 Å². The van der Waals surface area contributed by atoms with Crippen molar-refractivity contribution in [2.45, 2.75) is 19.4 Å². The molecule has 1 nitrogen and oxygen atoms in total. The van der Waals surface area contributed by atoms with Crippen molar-refractivity contribution in [3.8, 4) is 11.8 Å². The molecule has 8 heavy (non-hydrogen) atoms. The lowest BCUT2D eigenvalue weighted by Crippen LogP contribution is -2.18. The first-order chi connectivity index (χ1) is 3.81. The first-order valence-electron chi connectivity index (χ1n) is 2.76. The van der Waals surface area contributed by atoms with Crippen LogP contribution in [0.3, 0.4) is 0 Å². The molecule has 1 atom stereocenters. The SMILES string of the molecule is [CH2]CC#CC(C)NC. The largest absolute Gasteiger partial charge is 0.307 e. The summed E-state index contributed by atoms with van der Waals surface area (Å²) >= 11 is 0. The summed E-state index contributed by atoms with van der Waals surface area (Å²) in [6.07, 6.45) is 0.700. The average molecular weight is 110 g/mol. The van der Waals surface area contributed by atoms with Crippen LogP contribution in [0.4, 0.5) is 0 Å². The van der Waals surface area contributed by atoms with E-state index in [1.165, 1.54) is 0 Å². The fourth-order valence-electron chi connectivity index (χ4n) is 0.297. The summed E-state index contributed by atoms with van der Waals surface area (Å²) in [7, 11) is 1.89. The molecule has 0 aromatic rings. The lowest BCUT2D eigenvalue weighted by molar-refractivity contribution is 0.749. The zero-order valence-corrected chi connectivity index (χ0v) is 5.49. The molecular weight excluding hydrogens is 98.1 g/mol. The van der Waals surface area contributed by atoms with Crippen LogP contribution in [0.15, 0.2) is 0 Å². The van der Waals surface area contributed by atoms with Crippen LogP contribution in [-0.2, 0) is 0 Å². The molecule has 0 rings (SSSR count). The minimum atomic E-state index is 0.303. The molecule has 0 saturated carbocycles. The molecular formula is C7H12N. The topological polar surface area (TPSA) is 12.0 Å². The zero-order valence-electron chi connectivity index (χ0n) is 5.49. The zero-order chi connectivity index (χ0) is 6.41. The molecule has 0 spiro atoms. The number of hydrogen-bond acceptors (Lipinski definition) is 1. The van der Waals surface area contributed by atoms with Crippen molar-refractivity contribution in [2.24, 2.45) is 0 Å². The van der Waals surface area contributed by atoms with Crippen molar-refractivity contribution < 1.29 is 0 Å². The molecule has 0 aromatic carbocycles. The highest BCUT2D eigenvalue weighted by atomic mass is 14.8. The van der Waals surface area contributed by atoms with Gasteiger partial charge in [0.05, 0.1) is 6.04 Å². The Kier molecular flexibility index (Phi) is 4.39. The molecule has 0 amide bonds. The van der Waals surface area contributed by atoms with Crippen LogP contribution in [0.2, 0.25) is 0 Å². The van der Waals surface area contributed by atoms with Gasteiger partial charge in [0.1, 0.15) is 0 Å². The highest BCUT2D eigenvalue weighted by molar-refractivity contribution is 5.05. The summed E-state index contributed by atoms with van der Waals surface area (Å²) in [6.45, 7) is 5.61. The molecule has 0 heterocycles. The smallest absolute Gasteiger partial charge is 0.0658 e. The van der Waals surface area contributed by atoms with Crippen LogP contribution in [0, 0.1) is 18.8 Å². The fraction of sp³-hybridized carbons (Fsp3) is 0.571. The van der Waals surface area contributed by atoms with E-state index in [9.17, 15) is 0 Å². The third-order valence-electron chi connectivity index (χ3n) is 0.877. The molecule has 1 heteroatoms. The van der Waals surface area contributed by atoms with Gasteiger partial charge >= 0.3 is 0 Å². The van der Waals surface area contributed by atoms with Gasteiger partial charge in [-0.1, -0.05) is 5.92 Å². The third-order valence-corrected chi connectivity index (χ3v) is 0.877. The number of hydrogen-bond donors (Lipinski definition) is 1. The molecule has 1 unspecified atom stereocenters. The van der Waals surface area contributed by atoms with Gasteiger partial charge < -0.3 is 5.32 Å². The summed E-state index contributed by atoms with van der Waals surface area (Å²) in [5, 5.41) is 3.00. The second-order valence-corrected chi connectivity index (χ2v) is 1.58. The van der Waals surface area contributed by atoms with E-state index >= 15 is 0 Å². The molecule has 0 fully saturated rings. The van der Waals surface area contributed by atoms with E-state index in [-0.39, 0.29) is 0 Å². The predicted octanol–water partition coefficient (Wildman–Crippen LogP) is 0.822. The van der Waals surface area contributed by atoms with Gasteiger partial charge in [0.25, 0.3) is 0 Å². The lowest BCUT2D eigenvalue weighted by Gasteiger charge is -1.96. The van der Waals surface area contributed by atoms with Gasteiger partial charge in [-0.05, 0) is 20.9 Å². The van der Waals surface area contributed by atoms with E-state index in [0.717, 1.165) is 0 Å². The Morgan fingerprint density at radius 1 is 1.75 bits per heavy atom. The molecule has 0 aliphatic rings. The average Bonchev–Trinajstić information content (AvgIpc) is 1.83. The van der Waals surface area contributed by atoms with Crippen molar-refractivity contribution >= 4 is 0 Å². The maximum atomic E-state index is 3.59. The Labute approximate surface area is 51.5 Å². The van der Waals surface area contributed by atoms with Crippen LogP contribution in [-0.4, -0.2) is 13.1 Å². The summed E-state index contributed by atoms with van der Waals surface area (Å²) in [4.78, 5) is 0. The highest BCUT2D eigenvalue weighted by Gasteiger charge is 1.84. The minimum Gasteiger partial charge on any atom is -0.307 e. The summed E-state index contributed by atoms with van der Waals surface area (Å²) < 4.78 is 0. The van der Waals surface area contributed by atoms with Crippen molar-refractivity contribution in [1.29, 1.82) is 0 Å². The van der Waals surface area contributed by atoms with Crippen molar-refractivity contribution in [3.05, 3.63) is 6.92 Å². The van der Waals surface area contributed by atoms with E-state index in [0.29, 0.717) is 12.5 Å². The molecule has 0 bridgehead atoms. The molecule has 0 aromatic heterocycles. The van der Waals surface area contributed by atoms with E-state index < -0.39 is 0 Å². The summed E-state index contributed by atoms with van der Waals surface area (Å²) in [5.74, 6) is 5.83. The van der Waals surface area contributed by atoms with Crippen LogP contribution in [0.5, 0.6) is 0 Å². The highest BCUT2D eigenvalue weighted by Crippen LogP contribution is 1.74. The van der Waals surface area contributed by atoms with Gasteiger partial charge in [-0.25, -0.2) is 0 Å². The van der Waals surface area contributed by atoms with Crippen molar-refractivity contribution in [3.63, 3.8) is 0 Å². The second-order valence-electron chi connectivity index (χ2n) is 1.58. The molecule has 0 aliphatic carbocycles. The van der Waals surface area contributed by atoms with Crippen LogP contribution >= 0.6 is 0 Å². The third kappa shape index (κ3) is 3.70. The first-order valence-corrected chi connectivity index (χ1v) is 2.76. The number of rotatable bonds is 1. The summed E-state index contributed by atoms with van der Waals surface area (Å²) in [5.41, 5.74) is 0. The molecule has 0 saturated heterocycles. The fourth-order valence-corrected chi connectivity index (χ4v) is 0.297. The molecule has 0 aliphatic heterocycles. The summed E-state index contributed by atoms with van der Waals surface area (Å²) in [6, 6.07) is 0.303. The maximum Gasteiger partial charge on any atom is 0.0658 e. The van der Waals surface area contributed by atoms with E-state index in [4.69, 9.17) is 0 Å². The van der Waals surface area contributed by atoms with Crippen LogP contribution in [0.1, 0.15) is 13.3 Å². The molecule has 45 valence electrons. The molecule has 1 radical (unpaired) electrons. The van der Waals surface area contributed by atoms with E-state index in [1.54, 1.807) is 0 Å². The Bertz CT molecular complexity index is 96.7. The standard InChI is InChI=1S/C7H12N/c1-4-5-6-7(2)8-3/h7-8H,1,4H2,2-3H3. The predicted molar refractivity (Wildman–Crippen MR) is 36.3 cm³/mol. The van der Waals surface area contributed by atoms with E-state index in [1.807, 2.05) is 14.0 Å². The van der Waals surface area contributed by atoms with Crippen LogP contribution in [0.25, 0.3) is 0 Å². The second kappa shape index (κ2) is 4.67. The Hall–Kier alpha value is -0.480. The normalized spacial score (nSPS) is 11.9. The minimum absolute atomic E-state index is 0.303. The number of nitrogens with one attached hydrogen (secondary N) is 1. The molecule has 1 N–H and O–H groups in total. The monoisotopic (exact) mass is 110 g/mol. The maximum absolute atomic E-state index is 3.59. The van der Waals surface area contributed by atoms with Gasteiger partial charge in [-0.3, -0.25) is 0 Å². The van der Waals surface area contributed by atoms with Crippen molar-refractivity contribution in [2.75, 3.05) is 7.05 Å². The Balaban J connectivity index is 3.35. The van der Waals surface area contributed by atoms with Gasteiger partial charge in [-0.2, -0.15) is 0 Å². The van der Waals surface area contributed by atoms with E-state index in [2.05, 4.69) is 24.1 Å².